The van der Waals surface area contributed by atoms with Gasteiger partial charge in [-0.15, -0.1) is 0 Å². The number of benzene rings is 1. The minimum Gasteiger partial charge on any atom is -0.293 e. The Kier molecular flexibility index (Phi) is 6.08. The lowest BCUT2D eigenvalue weighted by Crippen LogP contribution is -2.31. The summed E-state index contributed by atoms with van der Waals surface area (Å²) in [6, 6.07) is 15.2. The minimum absolute atomic E-state index is 0.160. The number of thioether (sulfide) groups is 1. The molecule has 0 unspecified atom stereocenters. The van der Waals surface area contributed by atoms with Gasteiger partial charge in [-0.05, 0) is 36.3 Å². The maximum absolute atomic E-state index is 13.3. The van der Waals surface area contributed by atoms with Crippen molar-refractivity contribution in [3.8, 4) is 0 Å². The first-order valence-corrected chi connectivity index (χ1v) is 11.5. The zero-order chi connectivity index (χ0) is 21.3. The van der Waals surface area contributed by atoms with E-state index in [-0.39, 0.29) is 11.5 Å². The summed E-state index contributed by atoms with van der Waals surface area (Å²) in [5.74, 6) is 0.135. The molecule has 5 nitrogen and oxygen atoms in total. The zero-order valence-corrected chi connectivity index (χ0v) is 18.9. The molecule has 2 aromatic heterocycles. The Hall–Kier alpha value is -2.42. The Morgan fingerprint density at radius 2 is 1.87 bits per heavy atom. The van der Waals surface area contributed by atoms with Crippen molar-refractivity contribution in [1.82, 2.24) is 14.3 Å². The predicted molar refractivity (Wildman–Crippen MR) is 127 cm³/mol. The number of fused-ring (bicyclic) bond motifs is 1. The van der Waals surface area contributed by atoms with Crippen LogP contribution in [0.5, 0.6) is 0 Å². The topological polar surface area (TPSA) is 54.7 Å². The molecule has 30 heavy (non-hydrogen) atoms. The molecule has 1 fully saturated rings. The van der Waals surface area contributed by atoms with Gasteiger partial charge in [0, 0.05) is 17.6 Å². The molecule has 0 spiro atoms. The summed E-state index contributed by atoms with van der Waals surface area (Å²) < 4.78 is 2.02. The molecule has 0 saturated carbocycles. The second-order valence-corrected chi connectivity index (χ2v) is 9.90. The van der Waals surface area contributed by atoms with E-state index in [2.05, 4.69) is 0 Å². The van der Waals surface area contributed by atoms with Gasteiger partial charge in [0.15, 0.2) is 0 Å². The van der Waals surface area contributed by atoms with Gasteiger partial charge in [-0.1, -0.05) is 73.9 Å². The molecule has 1 aliphatic rings. The first kappa shape index (κ1) is 20.8. The van der Waals surface area contributed by atoms with E-state index in [0.717, 1.165) is 4.90 Å². The summed E-state index contributed by atoms with van der Waals surface area (Å²) in [6.45, 7) is 4.63. The van der Waals surface area contributed by atoms with E-state index in [1.165, 1.54) is 27.9 Å². The molecule has 8 heteroatoms. The average Bonchev–Trinajstić information content (AvgIpc) is 2.98. The molecule has 3 aromatic rings. The second-order valence-electron chi connectivity index (χ2n) is 7.17. The van der Waals surface area contributed by atoms with Gasteiger partial charge in [0.25, 0.3) is 11.5 Å². The molecule has 4 rings (SSSR count). The van der Waals surface area contributed by atoms with Gasteiger partial charge in [0.2, 0.25) is 0 Å². The van der Waals surface area contributed by atoms with Crippen LogP contribution < -0.4 is 5.56 Å². The monoisotopic (exact) mass is 453 g/mol. The molecule has 1 saturated heterocycles. The fraction of sp³-hybridized carbons (Fsp3) is 0.182. The van der Waals surface area contributed by atoms with Crippen LogP contribution in [-0.2, 0) is 4.79 Å². The summed E-state index contributed by atoms with van der Waals surface area (Å²) in [7, 11) is 0. The molecule has 0 radical (unpaired) electrons. The molecule has 1 amide bonds. The fourth-order valence-corrected chi connectivity index (χ4v) is 5.21. The molecule has 1 aromatic carbocycles. The first-order valence-electron chi connectivity index (χ1n) is 9.43. The van der Waals surface area contributed by atoms with E-state index in [9.17, 15) is 9.59 Å². The van der Waals surface area contributed by atoms with Gasteiger partial charge in [-0.25, -0.2) is 4.98 Å². The third-order valence-electron chi connectivity index (χ3n) is 4.39. The molecule has 0 N–H and O–H groups in total. The van der Waals surface area contributed by atoms with Crippen LogP contribution in [0.2, 0.25) is 0 Å². The Morgan fingerprint density at radius 1 is 1.13 bits per heavy atom. The first-order chi connectivity index (χ1) is 14.4. The molecule has 1 aliphatic heterocycles. The number of carbonyl (C=O) groups excluding carboxylic acids is 1. The number of nitrogens with zero attached hydrogens (tertiary/aromatic N) is 3. The molecule has 0 atom stereocenters. The molecule has 0 aliphatic carbocycles. The van der Waals surface area contributed by atoms with Gasteiger partial charge < -0.3 is 0 Å². The quantitative estimate of drug-likeness (QED) is 0.317. The normalized spacial score (nSPS) is 15.7. The van der Waals surface area contributed by atoms with E-state index in [1.807, 2.05) is 50.2 Å². The van der Waals surface area contributed by atoms with Crippen molar-refractivity contribution in [2.75, 3.05) is 6.54 Å². The van der Waals surface area contributed by atoms with Crippen molar-refractivity contribution in [1.29, 1.82) is 0 Å². The zero-order valence-electron chi connectivity index (χ0n) is 16.4. The lowest BCUT2D eigenvalue weighted by atomic mass is 10.2. The number of hydrogen-bond acceptors (Lipinski definition) is 6. The lowest BCUT2D eigenvalue weighted by Gasteiger charge is -2.16. The van der Waals surface area contributed by atoms with Gasteiger partial charge in [-0.3, -0.25) is 18.9 Å². The molecule has 0 bridgehead atoms. The number of carbonyl (C=O) groups is 1. The fourth-order valence-electron chi connectivity index (χ4n) is 3.04. The van der Waals surface area contributed by atoms with Crippen molar-refractivity contribution in [3.05, 3.63) is 75.6 Å². The molecular weight excluding hydrogens is 434 g/mol. The third kappa shape index (κ3) is 4.21. The molecular formula is C22H19N3O2S3. The van der Waals surface area contributed by atoms with Gasteiger partial charge >= 0.3 is 0 Å². The van der Waals surface area contributed by atoms with Crippen molar-refractivity contribution < 1.29 is 4.79 Å². The van der Waals surface area contributed by atoms with E-state index in [4.69, 9.17) is 17.2 Å². The van der Waals surface area contributed by atoms with Crippen molar-refractivity contribution >= 4 is 57.7 Å². The highest BCUT2D eigenvalue weighted by Crippen LogP contribution is 2.35. The van der Waals surface area contributed by atoms with E-state index in [1.54, 1.807) is 29.3 Å². The number of aromatic nitrogens is 2. The van der Waals surface area contributed by atoms with Crippen LogP contribution in [0.1, 0.15) is 19.4 Å². The van der Waals surface area contributed by atoms with Gasteiger partial charge in [0.05, 0.1) is 10.5 Å². The number of hydrogen-bond donors (Lipinski definition) is 0. The Morgan fingerprint density at radius 3 is 2.60 bits per heavy atom. The van der Waals surface area contributed by atoms with Crippen LogP contribution >= 0.6 is 35.7 Å². The van der Waals surface area contributed by atoms with Gasteiger partial charge in [-0.2, -0.15) is 0 Å². The Labute approximate surface area is 188 Å². The summed E-state index contributed by atoms with van der Waals surface area (Å²) in [6.07, 6.45) is 3.32. The summed E-state index contributed by atoms with van der Waals surface area (Å²) >= 11 is 8.04. The smallest absolute Gasteiger partial charge is 0.266 e. The van der Waals surface area contributed by atoms with E-state index >= 15 is 0 Å². The van der Waals surface area contributed by atoms with Crippen LogP contribution in [0, 0.1) is 5.92 Å². The third-order valence-corrected chi connectivity index (χ3v) is 6.78. The van der Waals surface area contributed by atoms with Crippen LogP contribution in [-0.4, -0.2) is 31.1 Å². The summed E-state index contributed by atoms with van der Waals surface area (Å²) in [5.41, 5.74) is 0.733. The molecule has 3 heterocycles. The minimum atomic E-state index is -0.215. The van der Waals surface area contributed by atoms with Crippen LogP contribution in [0.15, 0.2) is 74.3 Å². The maximum atomic E-state index is 13.3. The second kappa shape index (κ2) is 8.75. The Balaban J connectivity index is 1.83. The van der Waals surface area contributed by atoms with Crippen molar-refractivity contribution in [3.63, 3.8) is 0 Å². The standard InChI is InChI=1S/C22H19N3O2S3/c1-14(2)13-25-21(27)17(30-22(25)28)12-16-19(29-15-8-4-3-5-9-15)23-18-10-6-7-11-24(18)20(16)26/h3-12,14H,13H2,1-2H3/b17-12-. The van der Waals surface area contributed by atoms with Crippen molar-refractivity contribution in [2.45, 2.75) is 23.8 Å². The van der Waals surface area contributed by atoms with E-state index < -0.39 is 0 Å². The lowest BCUT2D eigenvalue weighted by molar-refractivity contribution is -0.122. The number of pyridine rings is 1. The number of thiocarbonyl (C=S) groups is 1. The van der Waals surface area contributed by atoms with Crippen molar-refractivity contribution in [2.24, 2.45) is 5.92 Å². The highest BCUT2D eigenvalue weighted by molar-refractivity contribution is 8.26. The van der Waals surface area contributed by atoms with E-state index in [0.29, 0.717) is 37.9 Å². The van der Waals surface area contributed by atoms with Crippen LogP contribution in [0.25, 0.3) is 11.7 Å². The summed E-state index contributed by atoms with van der Waals surface area (Å²) in [4.78, 5) is 33.9. The largest absolute Gasteiger partial charge is 0.293 e. The predicted octanol–water partition coefficient (Wildman–Crippen LogP) is 4.70. The van der Waals surface area contributed by atoms with Crippen LogP contribution in [0.4, 0.5) is 0 Å². The highest BCUT2D eigenvalue weighted by Gasteiger charge is 2.32. The maximum Gasteiger partial charge on any atom is 0.266 e. The van der Waals surface area contributed by atoms with Gasteiger partial charge in [0.1, 0.15) is 15.0 Å². The molecule has 152 valence electrons. The number of rotatable bonds is 5. The van der Waals surface area contributed by atoms with Crippen LogP contribution in [0.3, 0.4) is 0 Å². The SMILES string of the molecule is CC(C)CN1C(=O)/C(=C/c2c(Sc3ccccc3)nc3ccccn3c2=O)SC1=S. The summed E-state index contributed by atoms with van der Waals surface area (Å²) in [5, 5.41) is 0.562. The number of amides is 1. The Bertz CT molecular complexity index is 1220. The average molecular weight is 454 g/mol. The highest BCUT2D eigenvalue weighted by atomic mass is 32.2.